The van der Waals surface area contributed by atoms with Crippen molar-refractivity contribution in [3.8, 4) is 5.75 Å². The molecule has 1 N–H and O–H groups in total. The van der Waals surface area contributed by atoms with Crippen molar-refractivity contribution < 1.29 is 9.53 Å². The number of amides is 1. The minimum Gasteiger partial charge on any atom is -0.493 e. The van der Waals surface area contributed by atoms with Gasteiger partial charge in [0.15, 0.2) is 0 Å². The Labute approximate surface area is 116 Å². The maximum atomic E-state index is 11.7. The number of halogens is 1. The lowest BCUT2D eigenvalue weighted by molar-refractivity contribution is 0.0957. The Bertz CT molecular complexity index is 412. The highest BCUT2D eigenvalue weighted by atomic mass is 79.9. The molecule has 1 aromatic carbocycles. The van der Waals surface area contributed by atoms with E-state index >= 15 is 0 Å². The lowest BCUT2D eigenvalue weighted by Gasteiger charge is -2.09. The quantitative estimate of drug-likeness (QED) is 0.875. The van der Waals surface area contributed by atoms with E-state index in [0.717, 1.165) is 10.2 Å². The van der Waals surface area contributed by atoms with Gasteiger partial charge in [-0.1, -0.05) is 36.4 Å². The molecular formula is C14H18BrNO2. The van der Waals surface area contributed by atoms with Crippen LogP contribution in [0.25, 0.3) is 0 Å². The van der Waals surface area contributed by atoms with E-state index in [-0.39, 0.29) is 5.91 Å². The van der Waals surface area contributed by atoms with Crippen LogP contribution in [0.15, 0.2) is 35.3 Å². The number of nitrogens with one attached hydrogen (secondary N) is 1. The third kappa shape index (κ3) is 5.36. The smallest absolute Gasteiger partial charge is 0.251 e. The number of hydrogen-bond donors (Lipinski definition) is 1. The third-order valence-corrected chi connectivity index (χ3v) is 2.42. The van der Waals surface area contributed by atoms with Gasteiger partial charge in [0.25, 0.3) is 5.91 Å². The fraction of sp³-hybridized carbons (Fsp3) is 0.357. The minimum absolute atomic E-state index is 0.119. The van der Waals surface area contributed by atoms with Crippen LogP contribution in [0.1, 0.15) is 24.2 Å². The van der Waals surface area contributed by atoms with Crippen LogP contribution in [0.2, 0.25) is 0 Å². The van der Waals surface area contributed by atoms with Crippen molar-refractivity contribution in [1.82, 2.24) is 5.32 Å². The molecule has 0 unspecified atom stereocenters. The van der Waals surface area contributed by atoms with Crippen molar-refractivity contribution >= 4 is 21.8 Å². The fourth-order valence-corrected chi connectivity index (χ4v) is 1.38. The fourth-order valence-electron chi connectivity index (χ4n) is 1.24. The summed E-state index contributed by atoms with van der Waals surface area (Å²) in [5.41, 5.74) is 0.612. The van der Waals surface area contributed by atoms with Crippen LogP contribution in [-0.4, -0.2) is 19.1 Å². The average Bonchev–Trinajstić information content (AvgIpc) is 2.34. The lowest BCUT2D eigenvalue weighted by Crippen LogP contribution is -2.24. The van der Waals surface area contributed by atoms with Gasteiger partial charge >= 0.3 is 0 Å². The normalized spacial score (nSPS) is 10.2. The van der Waals surface area contributed by atoms with Crippen LogP contribution in [0.4, 0.5) is 0 Å². The zero-order valence-corrected chi connectivity index (χ0v) is 12.3. The van der Waals surface area contributed by atoms with E-state index in [2.05, 4.69) is 41.7 Å². The van der Waals surface area contributed by atoms with Crippen molar-refractivity contribution in [2.45, 2.75) is 13.8 Å². The zero-order chi connectivity index (χ0) is 13.5. The third-order valence-electron chi connectivity index (χ3n) is 2.14. The maximum absolute atomic E-state index is 11.7. The van der Waals surface area contributed by atoms with Gasteiger partial charge in [0.05, 0.1) is 6.61 Å². The van der Waals surface area contributed by atoms with Gasteiger partial charge in [0.1, 0.15) is 5.75 Å². The molecule has 0 bridgehead atoms. The van der Waals surface area contributed by atoms with E-state index in [0.29, 0.717) is 24.6 Å². The molecule has 0 radical (unpaired) electrons. The Morgan fingerprint density at radius 2 is 2.00 bits per heavy atom. The molecule has 0 heterocycles. The average molecular weight is 312 g/mol. The molecule has 0 aliphatic carbocycles. The molecule has 0 aromatic heterocycles. The van der Waals surface area contributed by atoms with E-state index in [1.807, 2.05) is 0 Å². The van der Waals surface area contributed by atoms with Crippen molar-refractivity contribution in [1.29, 1.82) is 0 Å². The van der Waals surface area contributed by atoms with Gasteiger partial charge in [0, 0.05) is 16.6 Å². The van der Waals surface area contributed by atoms with Crippen LogP contribution in [0.5, 0.6) is 5.75 Å². The van der Waals surface area contributed by atoms with E-state index < -0.39 is 0 Å². The molecule has 0 fully saturated rings. The van der Waals surface area contributed by atoms with Crippen molar-refractivity contribution in [2.75, 3.05) is 13.2 Å². The maximum Gasteiger partial charge on any atom is 0.251 e. The molecule has 0 atom stereocenters. The van der Waals surface area contributed by atoms with Gasteiger partial charge in [-0.05, 0) is 30.2 Å². The highest BCUT2D eigenvalue weighted by Gasteiger charge is 2.05. The summed E-state index contributed by atoms with van der Waals surface area (Å²) in [6.45, 7) is 8.94. The molecule has 1 rings (SSSR count). The summed E-state index contributed by atoms with van der Waals surface area (Å²) in [4.78, 5) is 11.7. The molecule has 4 heteroatoms. The molecule has 0 saturated heterocycles. The second-order valence-electron chi connectivity index (χ2n) is 4.43. The predicted octanol–water partition coefficient (Wildman–Crippen LogP) is 3.36. The summed E-state index contributed by atoms with van der Waals surface area (Å²) in [5.74, 6) is 1.15. The SMILES string of the molecule is C=C(Br)CNC(=O)c1ccc(OCC(C)C)cc1. The van der Waals surface area contributed by atoms with Gasteiger partial charge in [0.2, 0.25) is 0 Å². The Kier molecular flexibility index (Phi) is 5.92. The number of rotatable bonds is 6. The molecule has 18 heavy (non-hydrogen) atoms. The first-order valence-corrected chi connectivity index (χ1v) is 6.62. The molecule has 0 spiro atoms. The predicted molar refractivity (Wildman–Crippen MR) is 77.2 cm³/mol. The lowest BCUT2D eigenvalue weighted by atomic mass is 10.2. The summed E-state index contributed by atoms with van der Waals surface area (Å²) in [5, 5.41) is 2.74. The molecule has 0 saturated carbocycles. The van der Waals surface area contributed by atoms with Gasteiger partial charge in [-0.2, -0.15) is 0 Å². The summed E-state index contributed by atoms with van der Waals surface area (Å²) in [7, 11) is 0. The van der Waals surface area contributed by atoms with Crippen LogP contribution < -0.4 is 10.1 Å². The second kappa shape index (κ2) is 7.21. The number of carbonyl (C=O) groups excluding carboxylic acids is 1. The van der Waals surface area contributed by atoms with Crippen LogP contribution >= 0.6 is 15.9 Å². The summed E-state index contributed by atoms with van der Waals surface area (Å²) >= 11 is 3.19. The highest BCUT2D eigenvalue weighted by Crippen LogP contribution is 2.13. The first-order valence-electron chi connectivity index (χ1n) is 5.83. The number of hydrogen-bond acceptors (Lipinski definition) is 2. The highest BCUT2D eigenvalue weighted by molar-refractivity contribution is 9.11. The van der Waals surface area contributed by atoms with Crippen molar-refractivity contribution in [3.63, 3.8) is 0 Å². The van der Waals surface area contributed by atoms with Crippen molar-refractivity contribution in [2.24, 2.45) is 5.92 Å². The second-order valence-corrected chi connectivity index (χ2v) is 5.55. The number of carbonyl (C=O) groups is 1. The van der Waals surface area contributed by atoms with Gasteiger partial charge in [-0.15, -0.1) is 0 Å². The van der Waals surface area contributed by atoms with E-state index in [9.17, 15) is 4.79 Å². The molecule has 0 aliphatic heterocycles. The largest absolute Gasteiger partial charge is 0.493 e. The van der Waals surface area contributed by atoms with E-state index in [1.165, 1.54) is 0 Å². The number of benzene rings is 1. The van der Waals surface area contributed by atoms with Crippen molar-refractivity contribution in [3.05, 3.63) is 40.9 Å². The molecular weight excluding hydrogens is 294 g/mol. The first kappa shape index (κ1) is 14.8. The Morgan fingerprint density at radius 1 is 1.39 bits per heavy atom. The van der Waals surface area contributed by atoms with Gasteiger partial charge in [-0.3, -0.25) is 4.79 Å². The monoisotopic (exact) mass is 311 g/mol. The minimum atomic E-state index is -0.119. The topological polar surface area (TPSA) is 38.3 Å². The number of ether oxygens (including phenoxy) is 1. The van der Waals surface area contributed by atoms with Crippen LogP contribution in [0, 0.1) is 5.92 Å². The van der Waals surface area contributed by atoms with Gasteiger partial charge in [-0.25, -0.2) is 0 Å². The van der Waals surface area contributed by atoms with E-state index in [1.54, 1.807) is 24.3 Å². The molecule has 1 amide bonds. The Balaban J connectivity index is 2.53. The Morgan fingerprint density at radius 3 is 2.50 bits per heavy atom. The summed E-state index contributed by atoms with van der Waals surface area (Å²) in [6.07, 6.45) is 0. The zero-order valence-electron chi connectivity index (χ0n) is 10.7. The van der Waals surface area contributed by atoms with Gasteiger partial charge < -0.3 is 10.1 Å². The first-order chi connectivity index (χ1) is 8.49. The molecule has 0 aliphatic rings. The molecule has 98 valence electrons. The van der Waals surface area contributed by atoms with Crippen LogP contribution in [-0.2, 0) is 0 Å². The summed E-state index contributed by atoms with van der Waals surface area (Å²) in [6, 6.07) is 7.12. The Hall–Kier alpha value is -1.29. The molecule has 1 aromatic rings. The van der Waals surface area contributed by atoms with Crippen LogP contribution in [0.3, 0.4) is 0 Å². The standard InChI is InChI=1S/C14H18BrNO2/c1-10(2)9-18-13-6-4-12(5-7-13)14(17)16-8-11(3)15/h4-7,10H,3,8-9H2,1-2H3,(H,16,17). The van der Waals surface area contributed by atoms with E-state index in [4.69, 9.17) is 4.74 Å². The molecule has 3 nitrogen and oxygen atoms in total. The summed E-state index contributed by atoms with van der Waals surface area (Å²) < 4.78 is 6.29.